The maximum Gasteiger partial charge on any atom is 0.271 e. The summed E-state index contributed by atoms with van der Waals surface area (Å²) in [7, 11) is -3.72. The molecule has 41 heavy (non-hydrogen) atoms. The second-order valence-electron chi connectivity index (χ2n) is 10.4. The third kappa shape index (κ3) is 7.52. The van der Waals surface area contributed by atoms with Crippen LogP contribution in [0.25, 0.3) is 10.9 Å². The predicted octanol–water partition coefficient (Wildman–Crippen LogP) is 5.83. The van der Waals surface area contributed by atoms with E-state index in [-0.39, 0.29) is 15.0 Å². The number of aromatic amines is 1. The van der Waals surface area contributed by atoms with Crippen molar-refractivity contribution in [2.45, 2.75) is 41.6 Å². The monoisotopic (exact) mass is 612 g/mol. The van der Waals surface area contributed by atoms with Crippen molar-refractivity contribution in [1.29, 1.82) is 0 Å². The van der Waals surface area contributed by atoms with Gasteiger partial charge in [0.05, 0.1) is 17.8 Å². The highest BCUT2D eigenvalue weighted by Gasteiger charge is 2.32. The molecule has 4 aromatic rings. The van der Waals surface area contributed by atoms with Gasteiger partial charge < -0.3 is 15.0 Å². The quantitative estimate of drug-likeness (QED) is 0.174. The SMILES string of the molecule is Cc1ccsc1S(=O)(=O)Nc1cccc2cc(C(=O)NCCCCN3CCOC(C)(SCc4ccccc4)C3)[nH]c12. The number of carbonyl (C=O) groups is 1. The minimum atomic E-state index is -3.72. The average molecular weight is 613 g/mol. The van der Waals surface area contributed by atoms with Gasteiger partial charge in [-0.15, -0.1) is 23.1 Å². The summed E-state index contributed by atoms with van der Waals surface area (Å²) in [6, 6.07) is 19.3. The van der Waals surface area contributed by atoms with E-state index in [2.05, 4.69) is 51.1 Å². The van der Waals surface area contributed by atoms with Gasteiger partial charge in [-0.25, -0.2) is 8.42 Å². The third-order valence-electron chi connectivity index (χ3n) is 7.10. The van der Waals surface area contributed by atoms with Crippen LogP contribution in [0.2, 0.25) is 0 Å². The van der Waals surface area contributed by atoms with Gasteiger partial charge in [-0.3, -0.25) is 14.4 Å². The van der Waals surface area contributed by atoms with Gasteiger partial charge in [-0.1, -0.05) is 42.5 Å². The number of thioether (sulfide) groups is 1. The number of ether oxygens (including phenoxy) is 1. The standard InChI is InChI=1S/C30H36N4O4S3/c1-22-13-18-39-29(22)41(36,37)33-25-12-8-11-24-19-26(32-27(24)25)28(35)31-14-6-7-15-34-16-17-38-30(2,21-34)40-20-23-9-4-3-5-10-23/h3-5,8-13,18-19,32-33H,6-7,14-17,20-21H2,1-2H3,(H,31,35). The number of aryl methyl sites for hydroxylation is 1. The summed E-state index contributed by atoms with van der Waals surface area (Å²) in [6.07, 6.45) is 1.84. The molecular formula is C30H36N4O4S3. The molecule has 1 fully saturated rings. The van der Waals surface area contributed by atoms with Crippen LogP contribution in [0.15, 0.2) is 70.3 Å². The van der Waals surface area contributed by atoms with Crippen molar-refractivity contribution in [3.63, 3.8) is 0 Å². The molecule has 5 rings (SSSR count). The molecule has 3 heterocycles. The second-order valence-corrected chi connectivity index (χ2v) is 14.7. The van der Waals surface area contributed by atoms with Gasteiger partial charge in [0, 0.05) is 30.8 Å². The van der Waals surface area contributed by atoms with E-state index in [0.717, 1.165) is 50.2 Å². The number of nitrogens with one attached hydrogen (secondary N) is 3. The normalized spacial score (nSPS) is 18.0. The third-order valence-corrected chi connectivity index (χ3v) is 11.5. The number of unbranched alkanes of at least 4 members (excludes halogenated alkanes) is 1. The molecule has 1 amide bonds. The molecule has 1 saturated heterocycles. The van der Waals surface area contributed by atoms with Crippen LogP contribution in [0, 0.1) is 6.92 Å². The van der Waals surface area contributed by atoms with Crippen LogP contribution in [0.1, 0.15) is 41.4 Å². The number of fused-ring (bicyclic) bond motifs is 1. The lowest BCUT2D eigenvalue weighted by atomic mass is 10.2. The van der Waals surface area contributed by atoms with E-state index < -0.39 is 10.0 Å². The minimum absolute atomic E-state index is 0.208. The van der Waals surface area contributed by atoms with E-state index >= 15 is 0 Å². The summed E-state index contributed by atoms with van der Waals surface area (Å²) < 4.78 is 34.9. The predicted molar refractivity (Wildman–Crippen MR) is 168 cm³/mol. The second kappa shape index (κ2) is 13.0. The van der Waals surface area contributed by atoms with Crippen LogP contribution in [0.5, 0.6) is 0 Å². The number of H-pyrrole nitrogens is 1. The Kier molecular flexibility index (Phi) is 9.40. The van der Waals surface area contributed by atoms with Crippen molar-refractivity contribution in [1.82, 2.24) is 15.2 Å². The Hall–Kier alpha value is -2.83. The molecule has 1 aliphatic heterocycles. The van der Waals surface area contributed by atoms with E-state index in [4.69, 9.17) is 4.74 Å². The lowest BCUT2D eigenvalue weighted by Gasteiger charge is -2.40. The van der Waals surface area contributed by atoms with Gasteiger partial charge in [0.15, 0.2) is 0 Å². The first-order valence-electron chi connectivity index (χ1n) is 13.7. The number of carbonyl (C=O) groups excluding carboxylic acids is 1. The number of aromatic nitrogens is 1. The highest BCUT2D eigenvalue weighted by molar-refractivity contribution is 7.99. The zero-order valence-corrected chi connectivity index (χ0v) is 25.8. The zero-order valence-electron chi connectivity index (χ0n) is 23.3. The number of thiophene rings is 1. The smallest absolute Gasteiger partial charge is 0.271 e. The van der Waals surface area contributed by atoms with Gasteiger partial charge in [-0.05, 0) is 67.9 Å². The Labute approximate surface area is 249 Å². The van der Waals surface area contributed by atoms with Crippen LogP contribution >= 0.6 is 23.1 Å². The van der Waals surface area contributed by atoms with Crippen molar-refractivity contribution in [2.24, 2.45) is 0 Å². The molecule has 1 atom stereocenters. The largest absolute Gasteiger partial charge is 0.362 e. The molecule has 0 aliphatic carbocycles. The van der Waals surface area contributed by atoms with Gasteiger partial charge in [-0.2, -0.15) is 0 Å². The molecule has 0 saturated carbocycles. The number of amides is 1. The number of anilines is 1. The fourth-order valence-electron chi connectivity index (χ4n) is 4.96. The lowest BCUT2D eigenvalue weighted by Crippen LogP contribution is -2.48. The molecule has 1 aliphatic rings. The van der Waals surface area contributed by atoms with Gasteiger partial charge >= 0.3 is 0 Å². The lowest BCUT2D eigenvalue weighted by molar-refractivity contribution is -0.0407. The number of hydrogen-bond acceptors (Lipinski definition) is 7. The molecule has 1 unspecified atom stereocenters. The van der Waals surface area contributed by atoms with E-state index in [1.807, 2.05) is 23.9 Å². The van der Waals surface area contributed by atoms with Crippen molar-refractivity contribution in [3.05, 3.63) is 82.9 Å². The Morgan fingerprint density at radius 1 is 1.15 bits per heavy atom. The van der Waals surface area contributed by atoms with Crippen molar-refractivity contribution >= 4 is 55.6 Å². The highest BCUT2D eigenvalue weighted by Crippen LogP contribution is 2.33. The number of benzene rings is 2. The van der Waals surface area contributed by atoms with Gasteiger partial charge in [0.25, 0.3) is 15.9 Å². The first kappa shape index (κ1) is 29.7. The van der Waals surface area contributed by atoms with Crippen LogP contribution in [0.4, 0.5) is 5.69 Å². The number of para-hydroxylation sites is 1. The Morgan fingerprint density at radius 2 is 1.98 bits per heavy atom. The minimum Gasteiger partial charge on any atom is -0.362 e. The topological polar surface area (TPSA) is 104 Å². The number of nitrogens with zero attached hydrogens (tertiary/aromatic N) is 1. The summed E-state index contributed by atoms with van der Waals surface area (Å²) in [5, 5.41) is 5.51. The number of hydrogen-bond donors (Lipinski definition) is 3. The summed E-state index contributed by atoms with van der Waals surface area (Å²) in [6.45, 7) is 7.99. The van der Waals surface area contributed by atoms with Crippen molar-refractivity contribution < 1.29 is 17.9 Å². The summed E-state index contributed by atoms with van der Waals surface area (Å²) >= 11 is 3.02. The first-order valence-corrected chi connectivity index (χ1v) is 17.1. The average Bonchev–Trinajstić information content (AvgIpc) is 3.60. The molecule has 0 bridgehead atoms. The molecule has 2 aromatic heterocycles. The molecule has 11 heteroatoms. The van der Waals surface area contributed by atoms with Crippen LogP contribution < -0.4 is 10.0 Å². The number of morpholine rings is 1. The maximum atomic E-state index is 12.9. The van der Waals surface area contributed by atoms with Crippen LogP contribution in [-0.2, 0) is 20.5 Å². The number of rotatable bonds is 12. The fourth-order valence-corrected chi connectivity index (χ4v) is 8.55. The zero-order chi connectivity index (χ0) is 28.9. The van der Waals surface area contributed by atoms with Crippen LogP contribution in [0.3, 0.4) is 0 Å². The van der Waals surface area contributed by atoms with Crippen LogP contribution in [-0.4, -0.2) is 61.9 Å². The molecular weight excluding hydrogens is 577 g/mol. The molecule has 0 spiro atoms. The summed E-state index contributed by atoms with van der Waals surface area (Å²) in [5.74, 6) is 0.715. The highest BCUT2D eigenvalue weighted by atomic mass is 32.2. The van der Waals surface area contributed by atoms with E-state index in [0.29, 0.717) is 29.0 Å². The van der Waals surface area contributed by atoms with Crippen molar-refractivity contribution in [2.75, 3.05) is 37.5 Å². The first-order chi connectivity index (χ1) is 19.7. The Bertz CT molecular complexity index is 1590. The summed E-state index contributed by atoms with van der Waals surface area (Å²) in [4.78, 5) is 18.2. The number of sulfonamides is 1. The fraction of sp³-hybridized carbons (Fsp3) is 0.367. The summed E-state index contributed by atoms with van der Waals surface area (Å²) in [5.41, 5.74) is 3.39. The van der Waals surface area contributed by atoms with Gasteiger partial charge in [0.1, 0.15) is 14.8 Å². The maximum absolute atomic E-state index is 12.9. The molecule has 2 aromatic carbocycles. The molecule has 8 nitrogen and oxygen atoms in total. The van der Waals surface area contributed by atoms with E-state index in [1.165, 1.54) is 16.9 Å². The van der Waals surface area contributed by atoms with Gasteiger partial charge in [0.2, 0.25) is 0 Å². The molecule has 0 radical (unpaired) electrons. The van der Waals surface area contributed by atoms with E-state index in [1.54, 1.807) is 36.6 Å². The van der Waals surface area contributed by atoms with E-state index in [9.17, 15) is 13.2 Å². The Balaban J connectivity index is 1.09. The molecule has 3 N–H and O–H groups in total. The van der Waals surface area contributed by atoms with Crippen molar-refractivity contribution in [3.8, 4) is 0 Å². The molecule has 218 valence electrons. The Morgan fingerprint density at radius 3 is 2.76 bits per heavy atom.